The summed E-state index contributed by atoms with van der Waals surface area (Å²) in [6.07, 6.45) is 3.61. The van der Waals surface area contributed by atoms with Crippen LogP contribution >= 0.6 is 0 Å². The summed E-state index contributed by atoms with van der Waals surface area (Å²) >= 11 is 0. The molecule has 0 bridgehead atoms. The van der Waals surface area contributed by atoms with Crippen LogP contribution in [0.2, 0.25) is 0 Å². The summed E-state index contributed by atoms with van der Waals surface area (Å²) in [5, 5.41) is 12.3. The molecule has 0 spiro atoms. The van der Waals surface area contributed by atoms with Crippen LogP contribution in [-0.4, -0.2) is 16.6 Å². The predicted molar refractivity (Wildman–Crippen MR) is 76.0 cm³/mol. The molecule has 0 saturated heterocycles. The average molecular weight is 262 g/mol. The van der Waals surface area contributed by atoms with Gasteiger partial charge in [-0.05, 0) is 49.4 Å². The summed E-state index contributed by atoms with van der Waals surface area (Å²) in [5.41, 5.74) is 7.05. The summed E-state index contributed by atoms with van der Waals surface area (Å²) in [6.45, 7) is 3.99. The summed E-state index contributed by atoms with van der Waals surface area (Å²) < 4.78 is 0. The number of amides is 1. The lowest BCUT2D eigenvalue weighted by Crippen LogP contribution is -2.53. The molecule has 1 fully saturated rings. The van der Waals surface area contributed by atoms with Crippen molar-refractivity contribution in [2.75, 3.05) is 5.32 Å². The zero-order valence-electron chi connectivity index (χ0n) is 11.6. The Hall–Kier alpha value is -1.55. The molecule has 1 aliphatic carbocycles. The molecule has 1 saturated carbocycles. The van der Waals surface area contributed by atoms with Gasteiger partial charge in [0.2, 0.25) is 5.91 Å². The Morgan fingerprint density at radius 1 is 1.53 bits per heavy atom. The molecular formula is C15H22N2O2. The third-order valence-corrected chi connectivity index (χ3v) is 3.94. The van der Waals surface area contributed by atoms with Gasteiger partial charge in [-0.15, -0.1) is 0 Å². The van der Waals surface area contributed by atoms with Crippen molar-refractivity contribution in [2.24, 2.45) is 11.7 Å². The molecule has 1 amide bonds. The predicted octanol–water partition coefficient (Wildman–Crippen LogP) is 2.55. The zero-order valence-corrected chi connectivity index (χ0v) is 11.6. The fraction of sp³-hybridized carbons (Fsp3) is 0.533. The summed E-state index contributed by atoms with van der Waals surface area (Å²) in [6, 6.07) is 4.90. The van der Waals surface area contributed by atoms with Crippen molar-refractivity contribution in [3.8, 4) is 5.75 Å². The van der Waals surface area contributed by atoms with E-state index >= 15 is 0 Å². The molecule has 104 valence electrons. The number of benzene rings is 1. The topological polar surface area (TPSA) is 75.3 Å². The lowest BCUT2D eigenvalue weighted by Gasteiger charge is -2.35. The van der Waals surface area contributed by atoms with Crippen molar-refractivity contribution in [1.29, 1.82) is 0 Å². The Morgan fingerprint density at radius 3 is 2.89 bits per heavy atom. The first-order valence-corrected chi connectivity index (χ1v) is 6.81. The third-order valence-electron chi connectivity index (χ3n) is 3.94. The number of nitrogens with two attached hydrogens (primary N) is 1. The van der Waals surface area contributed by atoms with Crippen molar-refractivity contribution in [3.63, 3.8) is 0 Å². The van der Waals surface area contributed by atoms with Crippen LogP contribution in [0.25, 0.3) is 0 Å². The van der Waals surface area contributed by atoms with Gasteiger partial charge < -0.3 is 16.2 Å². The van der Waals surface area contributed by atoms with E-state index in [-0.39, 0.29) is 11.7 Å². The van der Waals surface area contributed by atoms with E-state index in [0.29, 0.717) is 11.6 Å². The molecule has 4 N–H and O–H groups in total. The van der Waals surface area contributed by atoms with Crippen molar-refractivity contribution >= 4 is 11.6 Å². The van der Waals surface area contributed by atoms with E-state index < -0.39 is 5.54 Å². The fourth-order valence-electron chi connectivity index (χ4n) is 2.83. The first-order chi connectivity index (χ1) is 8.90. The lowest BCUT2D eigenvalue weighted by atomic mass is 9.76. The minimum absolute atomic E-state index is 0.118. The van der Waals surface area contributed by atoms with Crippen molar-refractivity contribution in [3.05, 3.63) is 23.8 Å². The lowest BCUT2D eigenvalue weighted by molar-refractivity contribution is -0.122. The molecule has 0 radical (unpaired) electrons. The number of rotatable bonds is 2. The monoisotopic (exact) mass is 262 g/mol. The quantitative estimate of drug-likeness (QED) is 0.717. The highest BCUT2D eigenvalue weighted by Gasteiger charge is 2.38. The Kier molecular flexibility index (Phi) is 3.80. The summed E-state index contributed by atoms with van der Waals surface area (Å²) in [7, 11) is 0. The molecule has 0 heterocycles. The van der Waals surface area contributed by atoms with E-state index in [1.54, 1.807) is 18.2 Å². The molecule has 1 aliphatic rings. The van der Waals surface area contributed by atoms with Crippen LogP contribution in [0.15, 0.2) is 18.2 Å². The van der Waals surface area contributed by atoms with Crippen LogP contribution in [-0.2, 0) is 4.79 Å². The van der Waals surface area contributed by atoms with Crippen LogP contribution in [0.5, 0.6) is 5.75 Å². The van der Waals surface area contributed by atoms with E-state index in [1.807, 2.05) is 6.92 Å². The molecule has 2 atom stereocenters. The van der Waals surface area contributed by atoms with Gasteiger partial charge in [0.1, 0.15) is 5.75 Å². The Morgan fingerprint density at radius 2 is 2.26 bits per heavy atom. The molecule has 0 aliphatic heterocycles. The molecule has 2 unspecified atom stereocenters. The number of aryl methyl sites for hydroxylation is 1. The molecule has 4 heteroatoms. The third kappa shape index (κ3) is 3.07. The number of phenols is 1. The van der Waals surface area contributed by atoms with E-state index in [9.17, 15) is 9.90 Å². The Balaban J connectivity index is 2.12. The number of phenolic OH excluding ortho intramolecular Hbond substituents is 1. The summed E-state index contributed by atoms with van der Waals surface area (Å²) in [5.74, 6) is 0.572. The number of hydrogen-bond donors (Lipinski definition) is 3. The largest absolute Gasteiger partial charge is 0.508 e. The molecule has 4 nitrogen and oxygen atoms in total. The molecule has 1 aromatic rings. The zero-order chi connectivity index (χ0) is 14.0. The summed E-state index contributed by atoms with van der Waals surface area (Å²) in [4.78, 5) is 12.4. The standard InChI is InChI=1S/C15H22N2O2/c1-10-4-3-7-15(16,9-10)14(19)17-13-6-5-12(18)8-11(13)2/h5-6,8,10,18H,3-4,7,9,16H2,1-2H3,(H,17,19). The second kappa shape index (κ2) is 5.21. The molecule has 1 aromatic carbocycles. The van der Waals surface area contributed by atoms with Crippen molar-refractivity contribution < 1.29 is 9.90 Å². The number of anilines is 1. The fourth-order valence-corrected chi connectivity index (χ4v) is 2.83. The maximum atomic E-state index is 12.4. The number of carbonyl (C=O) groups is 1. The second-order valence-corrected chi connectivity index (χ2v) is 5.81. The van der Waals surface area contributed by atoms with Gasteiger partial charge in [0.05, 0.1) is 5.54 Å². The number of aromatic hydroxyl groups is 1. The van der Waals surface area contributed by atoms with Crippen LogP contribution in [0.4, 0.5) is 5.69 Å². The number of nitrogens with one attached hydrogen (secondary N) is 1. The van der Waals surface area contributed by atoms with Gasteiger partial charge in [0, 0.05) is 5.69 Å². The normalized spacial score (nSPS) is 27.0. The number of hydrogen-bond acceptors (Lipinski definition) is 3. The Labute approximate surface area is 114 Å². The van der Waals surface area contributed by atoms with Crippen LogP contribution in [0, 0.1) is 12.8 Å². The van der Waals surface area contributed by atoms with Crippen molar-refractivity contribution in [2.45, 2.75) is 45.1 Å². The molecule has 0 aromatic heterocycles. The van der Waals surface area contributed by atoms with Gasteiger partial charge in [-0.1, -0.05) is 19.8 Å². The van der Waals surface area contributed by atoms with E-state index in [4.69, 9.17) is 5.73 Å². The second-order valence-electron chi connectivity index (χ2n) is 5.81. The first-order valence-electron chi connectivity index (χ1n) is 6.81. The van der Waals surface area contributed by atoms with Crippen LogP contribution in [0.1, 0.15) is 38.2 Å². The highest BCUT2D eigenvalue weighted by molar-refractivity contribution is 5.98. The van der Waals surface area contributed by atoms with Gasteiger partial charge in [-0.25, -0.2) is 0 Å². The van der Waals surface area contributed by atoms with E-state index in [0.717, 1.165) is 31.2 Å². The van der Waals surface area contributed by atoms with Gasteiger partial charge >= 0.3 is 0 Å². The highest BCUT2D eigenvalue weighted by atomic mass is 16.3. The van der Waals surface area contributed by atoms with Crippen LogP contribution < -0.4 is 11.1 Å². The minimum Gasteiger partial charge on any atom is -0.508 e. The smallest absolute Gasteiger partial charge is 0.244 e. The molecule has 19 heavy (non-hydrogen) atoms. The van der Waals surface area contributed by atoms with Gasteiger partial charge in [-0.2, -0.15) is 0 Å². The van der Waals surface area contributed by atoms with Gasteiger partial charge in [0.25, 0.3) is 0 Å². The maximum absolute atomic E-state index is 12.4. The van der Waals surface area contributed by atoms with E-state index in [1.165, 1.54) is 0 Å². The Bertz CT molecular complexity index is 487. The number of carbonyl (C=O) groups excluding carboxylic acids is 1. The van der Waals surface area contributed by atoms with Gasteiger partial charge in [-0.3, -0.25) is 4.79 Å². The highest BCUT2D eigenvalue weighted by Crippen LogP contribution is 2.32. The van der Waals surface area contributed by atoms with Gasteiger partial charge in [0.15, 0.2) is 0 Å². The SMILES string of the molecule is Cc1cc(O)ccc1NC(=O)C1(N)CCCC(C)C1. The van der Waals surface area contributed by atoms with Crippen LogP contribution in [0.3, 0.4) is 0 Å². The van der Waals surface area contributed by atoms with E-state index in [2.05, 4.69) is 12.2 Å². The minimum atomic E-state index is -0.762. The maximum Gasteiger partial charge on any atom is 0.244 e. The average Bonchev–Trinajstić information content (AvgIpc) is 2.32. The van der Waals surface area contributed by atoms with Crippen molar-refractivity contribution in [1.82, 2.24) is 0 Å². The molecule has 2 rings (SSSR count). The molecular weight excluding hydrogens is 240 g/mol. The first kappa shape index (κ1) is 13.9.